The first-order valence-corrected chi connectivity index (χ1v) is 5.58. The van der Waals surface area contributed by atoms with Crippen molar-refractivity contribution < 1.29 is 4.39 Å². The van der Waals surface area contributed by atoms with Crippen LogP contribution in [0.5, 0.6) is 0 Å². The molecule has 0 saturated heterocycles. The molecule has 96 valence electrons. The molecule has 0 saturated carbocycles. The summed E-state index contributed by atoms with van der Waals surface area (Å²) in [5.74, 6) is -0.268. The van der Waals surface area contributed by atoms with Crippen molar-refractivity contribution in [3.63, 3.8) is 0 Å². The van der Waals surface area contributed by atoms with E-state index in [2.05, 4.69) is 15.0 Å². The Labute approximate surface area is 106 Å². The smallest absolute Gasteiger partial charge is 0.278 e. The third-order valence-corrected chi connectivity index (χ3v) is 2.77. The SMILES string of the molecule is Nc1nc2ncn(Cc3ccc(F)cc3)c2c(=O)[nH]1. The van der Waals surface area contributed by atoms with Crippen molar-refractivity contribution >= 4 is 17.1 Å². The molecule has 0 unspecified atom stereocenters. The number of nitrogens with one attached hydrogen (secondary N) is 1. The Hall–Kier alpha value is -2.70. The highest BCUT2D eigenvalue weighted by molar-refractivity contribution is 5.70. The lowest BCUT2D eigenvalue weighted by molar-refractivity contribution is 0.626. The van der Waals surface area contributed by atoms with E-state index >= 15 is 0 Å². The maximum Gasteiger partial charge on any atom is 0.278 e. The largest absolute Gasteiger partial charge is 0.369 e. The van der Waals surface area contributed by atoms with Crippen molar-refractivity contribution in [3.8, 4) is 0 Å². The van der Waals surface area contributed by atoms with Crippen LogP contribution in [0.4, 0.5) is 10.3 Å². The first-order valence-electron chi connectivity index (χ1n) is 5.58. The van der Waals surface area contributed by atoms with Crippen LogP contribution in [0.3, 0.4) is 0 Å². The number of nitrogens with zero attached hydrogens (tertiary/aromatic N) is 3. The summed E-state index contributed by atoms with van der Waals surface area (Å²) in [4.78, 5) is 22.2. The molecule has 0 atom stereocenters. The van der Waals surface area contributed by atoms with E-state index in [4.69, 9.17) is 5.73 Å². The number of rotatable bonds is 2. The number of nitrogens with two attached hydrogens (primary N) is 1. The second-order valence-electron chi connectivity index (χ2n) is 4.12. The van der Waals surface area contributed by atoms with Crippen LogP contribution < -0.4 is 11.3 Å². The molecule has 0 spiro atoms. The van der Waals surface area contributed by atoms with Gasteiger partial charge in [-0.2, -0.15) is 4.98 Å². The molecule has 0 amide bonds. The number of nitrogen functional groups attached to an aromatic ring is 1. The minimum absolute atomic E-state index is 0.0320. The number of aromatic nitrogens is 4. The molecule has 2 aromatic heterocycles. The lowest BCUT2D eigenvalue weighted by atomic mass is 10.2. The number of fused-ring (bicyclic) bond motifs is 1. The zero-order valence-corrected chi connectivity index (χ0v) is 9.80. The van der Waals surface area contributed by atoms with E-state index in [1.807, 2.05) is 0 Å². The Kier molecular flexibility index (Phi) is 2.52. The monoisotopic (exact) mass is 259 g/mol. The third kappa shape index (κ3) is 2.05. The molecule has 0 aliphatic heterocycles. The van der Waals surface area contributed by atoms with Gasteiger partial charge in [0.05, 0.1) is 6.33 Å². The molecule has 19 heavy (non-hydrogen) atoms. The predicted octanol–water partition coefficient (Wildman–Crippen LogP) is 0.889. The van der Waals surface area contributed by atoms with Crippen molar-refractivity contribution in [1.82, 2.24) is 19.5 Å². The lowest BCUT2D eigenvalue weighted by Crippen LogP contribution is -2.14. The number of imidazole rings is 1. The average molecular weight is 259 g/mol. The molecule has 1 aromatic carbocycles. The lowest BCUT2D eigenvalue weighted by Gasteiger charge is -2.03. The summed E-state index contributed by atoms with van der Waals surface area (Å²) in [7, 11) is 0. The normalized spacial score (nSPS) is 11.0. The molecule has 3 N–H and O–H groups in total. The highest BCUT2D eigenvalue weighted by Gasteiger charge is 2.09. The van der Waals surface area contributed by atoms with Crippen molar-refractivity contribution in [2.24, 2.45) is 0 Å². The fourth-order valence-corrected chi connectivity index (χ4v) is 1.91. The molecular formula is C12H10FN5O. The van der Waals surface area contributed by atoms with Gasteiger partial charge in [-0.05, 0) is 17.7 Å². The highest BCUT2D eigenvalue weighted by Crippen LogP contribution is 2.10. The van der Waals surface area contributed by atoms with Crippen LogP contribution in [0, 0.1) is 5.82 Å². The Morgan fingerprint density at radius 3 is 2.79 bits per heavy atom. The topological polar surface area (TPSA) is 89.6 Å². The van der Waals surface area contributed by atoms with Gasteiger partial charge in [-0.15, -0.1) is 0 Å². The summed E-state index contributed by atoms with van der Waals surface area (Å²) >= 11 is 0. The fourth-order valence-electron chi connectivity index (χ4n) is 1.91. The van der Waals surface area contributed by atoms with E-state index in [0.29, 0.717) is 17.7 Å². The van der Waals surface area contributed by atoms with Gasteiger partial charge in [0.2, 0.25) is 5.95 Å². The fraction of sp³-hybridized carbons (Fsp3) is 0.0833. The van der Waals surface area contributed by atoms with Crippen molar-refractivity contribution in [3.05, 3.63) is 52.3 Å². The van der Waals surface area contributed by atoms with Crippen LogP contribution in [0.1, 0.15) is 5.56 Å². The Balaban J connectivity index is 2.06. The number of halogens is 1. The van der Waals surface area contributed by atoms with Crippen LogP contribution in [-0.2, 0) is 6.54 Å². The predicted molar refractivity (Wildman–Crippen MR) is 68.1 cm³/mol. The van der Waals surface area contributed by atoms with Crippen LogP contribution in [0.15, 0.2) is 35.4 Å². The van der Waals surface area contributed by atoms with Crippen LogP contribution in [-0.4, -0.2) is 19.5 Å². The van der Waals surface area contributed by atoms with Gasteiger partial charge < -0.3 is 10.3 Å². The molecule has 7 heteroatoms. The molecule has 3 rings (SSSR count). The summed E-state index contributed by atoms with van der Waals surface area (Å²) in [6, 6.07) is 6.05. The molecule has 0 aliphatic rings. The number of anilines is 1. The summed E-state index contributed by atoms with van der Waals surface area (Å²) in [5.41, 5.74) is 6.60. The molecule has 6 nitrogen and oxygen atoms in total. The Bertz CT molecular complexity index is 790. The second kappa shape index (κ2) is 4.20. The molecule has 0 fully saturated rings. The van der Waals surface area contributed by atoms with E-state index in [0.717, 1.165) is 5.56 Å². The molecule has 0 radical (unpaired) electrons. The van der Waals surface area contributed by atoms with Crippen LogP contribution >= 0.6 is 0 Å². The zero-order chi connectivity index (χ0) is 13.4. The molecule has 3 aromatic rings. The first kappa shape index (κ1) is 11.4. The zero-order valence-electron chi connectivity index (χ0n) is 9.80. The minimum atomic E-state index is -0.345. The average Bonchev–Trinajstić information content (AvgIpc) is 2.75. The number of aromatic amines is 1. The van der Waals surface area contributed by atoms with Gasteiger partial charge in [0.1, 0.15) is 5.82 Å². The van der Waals surface area contributed by atoms with E-state index in [-0.39, 0.29) is 17.3 Å². The summed E-state index contributed by atoms with van der Waals surface area (Å²) in [6.07, 6.45) is 1.51. The van der Waals surface area contributed by atoms with Gasteiger partial charge in [-0.25, -0.2) is 9.37 Å². The van der Waals surface area contributed by atoms with Crippen molar-refractivity contribution in [2.75, 3.05) is 5.73 Å². The Morgan fingerprint density at radius 2 is 2.05 bits per heavy atom. The second-order valence-corrected chi connectivity index (χ2v) is 4.12. The van der Waals surface area contributed by atoms with E-state index in [1.165, 1.54) is 18.5 Å². The Morgan fingerprint density at radius 1 is 1.32 bits per heavy atom. The standard InChI is InChI=1S/C12H10FN5O/c13-8-3-1-7(2-4-8)5-18-6-15-10-9(18)11(19)17-12(14)16-10/h1-4,6H,5H2,(H3,14,16,17,19). The summed E-state index contributed by atoms with van der Waals surface area (Å²) < 4.78 is 14.5. The van der Waals surface area contributed by atoms with Gasteiger partial charge in [0, 0.05) is 6.54 Å². The van der Waals surface area contributed by atoms with Gasteiger partial charge in [0.15, 0.2) is 11.2 Å². The van der Waals surface area contributed by atoms with Gasteiger partial charge in [-0.1, -0.05) is 12.1 Å². The molecule has 0 aliphatic carbocycles. The quantitative estimate of drug-likeness (QED) is 0.715. The molecule has 2 heterocycles. The van der Waals surface area contributed by atoms with Gasteiger partial charge in [-0.3, -0.25) is 9.78 Å². The summed E-state index contributed by atoms with van der Waals surface area (Å²) in [5, 5.41) is 0. The molecular weight excluding hydrogens is 249 g/mol. The van der Waals surface area contributed by atoms with E-state index < -0.39 is 0 Å². The van der Waals surface area contributed by atoms with Crippen LogP contribution in [0.25, 0.3) is 11.2 Å². The number of hydrogen-bond acceptors (Lipinski definition) is 4. The maximum atomic E-state index is 12.8. The summed E-state index contributed by atoms with van der Waals surface area (Å²) in [6.45, 7) is 0.408. The third-order valence-electron chi connectivity index (χ3n) is 2.77. The number of hydrogen-bond donors (Lipinski definition) is 2. The van der Waals surface area contributed by atoms with Crippen LogP contribution in [0.2, 0.25) is 0 Å². The first-order chi connectivity index (χ1) is 9.13. The van der Waals surface area contributed by atoms with E-state index in [1.54, 1.807) is 16.7 Å². The van der Waals surface area contributed by atoms with Gasteiger partial charge >= 0.3 is 0 Å². The van der Waals surface area contributed by atoms with Crippen molar-refractivity contribution in [1.29, 1.82) is 0 Å². The maximum absolute atomic E-state index is 12.8. The van der Waals surface area contributed by atoms with Crippen molar-refractivity contribution in [2.45, 2.75) is 6.54 Å². The van der Waals surface area contributed by atoms with E-state index in [9.17, 15) is 9.18 Å². The molecule has 0 bridgehead atoms. The number of H-pyrrole nitrogens is 1. The number of benzene rings is 1. The minimum Gasteiger partial charge on any atom is -0.369 e. The highest BCUT2D eigenvalue weighted by atomic mass is 19.1. The van der Waals surface area contributed by atoms with Gasteiger partial charge in [0.25, 0.3) is 5.56 Å².